The average molecular weight is 430 g/mol. The van der Waals surface area contributed by atoms with Crippen LogP contribution in [0.3, 0.4) is 0 Å². The first-order valence-electron chi connectivity index (χ1n) is 9.28. The highest BCUT2D eigenvalue weighted by molar-refractivity contribution is 5.85. The third-order valence-corrected chi connectivity index (χ3v) is 4.26. The molecule has 0 saturated heterocycles. The molecule has 0 spiro atoms. The van der Waals surface area contributed by atoms with Crippen LogP contribution in [-0.2, 0) is 13.1 Å². The number of hydrogen-bond donors (Lipinski definition) is 2. The second-order valence-electron chi connectivity index (χ2n) is 7.01. The van der Waals surface area contributed by atoms with E-state index in [0.717, 1.165) is 0 Å². The van der Waals surface area contributed by atoms with E-state index in [1.54, 1.807) is 17.0 Å². The molecule has 0 radical (unpaired) electrons. The first kappa shape index (κ1) is 25.0. The van der Waals surface area contributed by atoms with Gasteiger partial charge in [-0.05, 0) is 30.2 Å². The Morgan fingerprint density at radius 2 is 1.86 bits per heavy atom. The van der Waals surface area contributed by atoms with E-state index >= 15 is 0 Å². The van der Waals surface area contributed by atoms with Crippen LogP contribution in [0, 0.1) is 11.7 Å². The molecule has 7 nitrogen and oxygen atoms in total. The van der Waals surface area contributed by atoms with E-state index in [-0.39, 0.29) is 49.4 Å². The van der Waals surface area contributed by atoms with Crippen LogP contribution < -0.4 is 10.3 Å². The highest BCUT2D eigenvalue weighted by atomic mass is 35.5. The third kappa shape index (κ3) is 6.78. The quantitative estimate of drug-likeness (QED) is 0.600. The van der Waals surface area contributed by atoms with Crippen LogP contribution in [0.4, 0.5) is 4.39 Å². The number of ether oxygens (including phenoxy) is 1. The highest BCUT2D eigenvalue weighted by Gasteiger charge is 2.15. The summed E-state index contributed by atoms with van der Waals surface area (Å²) >= 11 is 0. The summed E-state index contributed by atoms with van der Waals surface area (Å²) in [4.78, 5) is 14.6. The maximum absolute atomic E-state index is 14.2. The van der Waals surface area contributed by atoms with E-state index in [0.29, 0.717) is 36.5 Å². The molecule has 2 rings (SSSR count). The van der Waals surface area contributed by atoms with Gasteiger partial charge in [-0.15, -0.1) is 12.4 Å². The van der Waals surface area contributed by atoms with E-state index in [2.05, 4.69) is 5.10 Å². The van der Waals surface area contributed by atoms with Gasteiger partial charge in [-0.1, -0.05) is 13.8 Å². The Balaban J connectivity index is 0.00000420. The van der Waals surface area contributed by atoms with Gasteiger partial charge in [-0.3, -0.25) is 9.69 Å². The number of methoxy groups -OCH3 is 1. The van der Waals surface area contributed by atoms with Crippen LogP contribution >= 0.6 is 12.4 Å². The topological polar surface area (TPSA) is 87.8 Å². The Hall–Kier alpha value is -2.00. The number of aliphatic hydroxyl groups is 2. The summed E-state index contributed by atoms with van der Waals surface area (Å²) in [6.07, 6.45) is 0. The van der Waals surface area contributed by atoms with Crippen LogP contribution in [0.2, 0.25) is 0 Å². The first-order chi connectivity index (χ1) is 13.4. The zero-order valence-electron chi connectivity index (χ0n) is 17.0. The first-order valence-corrected chi connectivity index (χ1v) is 9.28. The summed E-state index contributed by atoms with van der Waals surface area (Å²) in [6.45, 7) is 5.15. The second kappa shape index (κ2) is 11.9. The molecular formula is C20H29ClFN3O4. The van der Waals surface area contributed by atoms with Crippen molar-refractivity contribution in [1.82, 2.24) is 14.7 Å². The van der Waals surface area contributed by atoms with E-state index < -0.39 is 5.82 Å². The molecule has 0 fully saturated rings. The SMILES string of the molecule is COc1ccc(-c2cc(CN(CCO)CCO)c(=O)n(CC(C)C)n2)cc1F.Cl. The molecule has 0 aliphatic heterocycles. The minimum Gasteiger partial charge on any atom is -0.494 e. The smallest absolute Gasteiger partial charge is 0.271 e. The second-order valence-corrected chi connectivity index (χ2v) is 7.01. The minimum atomic E-state index is -0.507. The maximum Gasteiger partial charge on any atom is 0.271 e. The Morgan fingerprint density at radius 3 is 2.38 bits per heavy atom. The Kier molecular flexibility index (Phi) is 10.2. The summed E-state index contributed by atoms with van der Waals surface area (Å²) in [5.41, 5.74) is 1.26. The average Bonchev–Trinajstić information content (AvgIpc) is 2.64. The summed E-state index contributed by atoms with van der Waals surface area (Å²) < 4.78 is 20.5. The van der Waals surface area contributed by atoms with E-state index in [4.69, 9.17) is 4.74 Å². The Labute approximate surface area is 176 Å². The van der Waals surface area contributed by atoms with Crippen molar-refractivity contribution in [1.29, 1.82) is 0 Å². The molecule has 0 bridgehead atoms. The molecule has 0 atom stereocenters. The van der Waals surface area contributed by atoms with Gasteiger partial charge in [0, 0.05) is 37.3 Å². The number of benzene rings is 1. The molecule has 0 unspecified atom stereocenters. The van der Waals surface area contributed by atoms with Gasteiger partial charge >= 0.3 is 0 Å². The fourth-order valence-corrected chi connectivity index (χ4v) is 2.94. The Morgan fingerprint density at radius 1 is 1.21 bits per heavy atom. The van der Waals surface area contributed by atoms with Crippen molar-refractivity contribution in [3.63, 3.8) is 0 Å². The zero-order chi connectivity index (χ0) is 20.7. The van der Waals surface area contributed by atoms with Crippen LogP contribution in [0.1, 0.15) is 19.4 Å². The molecule has 162 valence electrons. The lowest BCUT2D eigenvalue weighted by Crippen LogP contribution is -2.35. The number of rotatable bonds is 10. The molecule has 1 aromatic heterocycles. The van der Waals surface area contributed by atoms with Crippen LogP contribution in [0.25, 0.3) is 11.3 Å². The number of aromatic nitrogens is 2. The molecule has 9 heteroatoms. The van der Waals surface area contributed by atoms with Gasteiger partial charge in [0.15, 0.2) is 11.6 Å². The van der Waals surface area contributed by atoms with Crippen LogP contribution in [-0.4, -0.2) is 58.3 Å². The fourth-order valence-electron chi connectivity index (χ4n) is 2.94. The molecule has 0 aliphatic rings. The lowest BCUT2D eigenvalue weighted by atomic mass is 10.1. The monoisotopic (exact) mass is 429 g/mol. The van der Waals surface area contributed by atoms with Crippen molar-refractivity contribution in [3.8, 4) is 17.0 Å². The van der Waals surface area contributed by atoms with Crippen LogP contribution in [0.15, 0.2) is 29.1 Å². The Bertz CT molecular complexity index is 839. The lowest BCUT2D eigenvalue weighted by Gasteiger charge is -2.21. The minimum absolute atomic E-state index is 0. The fraction of sp³-hybridized carbons (Fsp3) is 0.500. The number of aliphatic hydroxyl groups excluding tert-OH is 2. The van der Waals surface area contributed by atoms with Gasteiger partial charge in [0.25, 0.3) is 5.56 Å². The van der Waals surface area contributed by atoms with Gasteiger partial charge in [0.2, 0.25) is 0 Å². The van der Waals surface area contributed by atoms with Gasteiger partial charge < -0.3 is 14.9 Å². The molecule has 0 aliphatic carbocycles. The number of hydrogen-bond acceptors (Lipinski definition) is 6. The van der Waals surface area contributed by atoms with Gasteiger partial charge in [0.05, 0.1) is 26.0 Å². The molecule has 1 aromatic carbocycles. The van der Waals surface area contributed by atoms with E-state index in [1.807, 2.05) is 13.8 Å². The van der Waals surface area contributed by atoms with Gasteiger partial charge in [-0.25, -0.2) is 9.07 Å². The van der Waals surface area contributed by atoms with Crippen molar-refractivity contribution in [2.24, 2.45) is 5.92 Å². The van der Waals surface area contributed by atoms with Crippen molar-refractivity contribution < 1.29 is 19.3 Å². The predicted molar refractivity (Wildman–Crippen MR) is 112 cm³/mol. The van der Waals surface area contributed by atoms with E-state index in [1.165, 1.54) is 23.9 Å². The summed E-state index contributed by atoms with van der Waals surface area (Å²) in [5.74, 6) is -0.171. The largest absolute Gasteiger partial charge is 0.494 e. The maximum atomic E-state index is 14.2. The van der Waals surface area contributed by atoms with Crippen molar-refractivity contribution >= 4 is 12.4 Å². The predicted octanol–water partition coefficient (Wildman–Crippen LogP) is 1.92. The summed E-state index contributed by atoms with van der Waals surface area (Å²) in [7, 11) is 1.40. The summed E-state index contributed by atoms with van der Waals surface area (Å²) in [5, 5.41) is 22.9. The molecule has 1 heterocycles. The normalized spacial score (nSPS) is 11.0. The number of halogens is 2. The molecule has 2 N–H and O–H groups in total. The van der Waals surface area contributed by atoms with Crippen LogP contribution in [0.5, 0.6) is 5.75 Å². The third-order valence-electron chi connectivity index (χ3n) is 4.26. The van der Waals surface area contributed by atoms with Crippen molar-refractivity contribution in [3.05, 3.63) is 46.0 Å². The zero-order valence-corrected chi connectivity index (χ0v) is 17.8. The van der Waals surface area contributed by atoms with E-state index in [9.17, 15) is 19.4 Å². The summed E-state index contributed by atoms with van der Waals surface area (Å²) in [6, 6.07) is 6.18. The van der Waals surface area contributed by atoms with Gasteiger partial charge in [0.1, 0.15) is 0 Å². The van der Waals surface area contributed by atoms with Crippen molar-refractivity contribution in [2.45, 2.75) is 26.9 Å². The molecule has 29 heavy (non-hydrogen) atoms. The van der Waals surface area contributed by atoms with Gasteiger partial charge in [-0.2, -0.15) is 5.10 Å². The molecule has 0 amide bonds. The highest BCUT2D eigenvalue weighted by Crippen LogP contribution is 2.24. The van der Waals surface area contributed by atoms with Crippen molar-refractivity contribution in [2.75, 3.05) is 33.4 Å². The number of nitrogens with zero attached hydrogens (tertiary/aromatic N) is 3. The molecular weight excluding hydrogens is 401 g/mol. The lowest BCUT2D eigenvalue weighted by molar-refractivity contribution is 0.155. The standard InChI is InChI=1S/C20H28FN3O4.ClH/c1-14(2)12-24-20(27)16(13-23(6-8-25)7-9-26)11-18(22-24)15-4-5-19(28-3)17(21)10-15;/h4-5,10-11,14,25-26H,6-9,12-13H2,1-3H3;1H. The molecule has 0 saturated carbocycles. The molecule has 2 aromatic rings.